The summed E-state index contributed by atoms with van der Waals surface area (Å²) in [7, 11) is -3.56. The molecule has 4 heteroatoms. The van der Waals surface area contributed by atoms with Gasteiger partial charge in [-0.15, -0.1) is 0 Å². The Bertz CT molecular complexity index is 437. The number of hydrogen-bond donors (Lipinski definition) is 1. The van der Waals surface area contributed by atoms with Crippen molar-refractivity contribution in [3.05, 3.63) is 29.8 Å². The van der Waals surface area contributed by atoms with E-state index < -0.39 is 10.0 Å². The lowest BCUT2D eigenvalue weighted by atomic mass is 10.1. The summed E-state index contributed by atoms with van der Waals surface area (Å²) < 4.78 is 22.2. The van der Waals surface area contributed by atoms with Gasteiger partial charge in [-0.05, 0) is 30.5 Å². The molecular formula is C14H23NO2S. The van der Waals surface area contributed by atoms with Gasteiger partial charge in [-0.1, -0.05) is 51.2 Å². The minimum Gasteiger partial charge on any atom is -0.225 e. The molecule has 0 saturated carbocycles. The van der Waals surface area contributed by atoms with Crippen molar-refractivity contribution in [1.82, 2.24) is 0 Å². The molecular weight excluding hydrogens is 246 g/mol. The molecule has 0 saturated heterocycles. The van der Waals surface area contributed by atoms with Crippen LogP contribution in [0.2, 0.25) is 0 Å². The molecule has 3 nitrogen and oxygen atoms in total. The van der Waals surface area contributed by atoms with Gasteiger partial charge < -0.3 is 0 Å². The largest absolute Gasteiger partial charge is 0.238 e. The predicted octanol–water partition coefficient (Wildman–Crippen LogP) is 3.24. The smallest absolute Gasteiger partial charge is 0.225 e. The van der Waals surface area contributed by atoms with E-state index in [-0.39, 0.29) is 4.90 Å². The molecule has 0 atom stereocenters. The van der Waals surface area contributed by atoms with Crippen LogP contribution in [0, 0.1) is 0 Å². The van der Waals surface area contributed by atoms with Crippen molar-refractivity contribution in [2.24, 2.45) is 5.14 Å². The molecule has 0 spiro atoms. The van der Waals surface area contributed by atoms with Crippen molar-refractivity contribution in [3.8, 4) is 0 Å². The van der Waals surface area contributed by atoms with Gasteiger partial charge in [0.05, 0.1) is 4.90 Å². The summed E-state index contributed by atoms with van der Waals surface area (Å²) >= 11 is 0. The molecule has 0 aliphatic rings. The highest BCUT2D eigenvalue weighted by molar-refractivity contribution is 7.89. The van der Waals surface area contributed by atoms with Gasteiger partial charge in [0.1, 0.15) is 0 Å². The topological polar surface area (TPSA) is 60.2 Å². The van der Waals surface area contributed by atoms with Crippen LogP contribution in [0.1, 0.15) is 51.0 Å². The maximum Gasteiger partial charge on any atom is 0.238 e. The second-order valence-electron chi connectivity index (χ2n) is 4.71. The van der Waals surface area contributed by atoms with E-state index in [0.717, 1.165) is 6.42 Å². The molecule has 1 aromatic carbocycles. The third-order valence-corrected chi connectivity index (χ3v) is 4.00. The number of sulfonamides is 1. The third-order valence-electron chi connectivity index (χ3n) is 3.07. The third kappa shape index (κ3) is 5.65. The number of benzene rings is 1. The van der Waals surface area contributed by atoms with Crippen LogP contribution in [0.4, 0.5) is 0 Å². The average molecular weight is 269 g/mol. The monoisotopic (exact) mass is 269 g/mol. The Morgan fingerprint density at radius 2 is 1.50 bits per heavy atom. The van der Waals surface area contributed by atoms with Gasteiger partial charge in [0.2, 0.25) is 10.0 Å². The minimum atomic E-state index is -3.56. The van der Waals surface area contributed by atoms with Crippen LogP contribution in [-0.2, 0) is 16.4 Å². The van der Waals surface area contributed by atoms with Crippen LogP contribution in [-0.4, -0.2) is 8.42 Å². The first-order chi connectivity index (χ1) is 8.54. The number of unbranched alkanes of at least 4 members (excludes halogenated alkanes) is 5. The van der Waals surface area contributed by atoms with Gasteiger partial charge in [0.15, 0.2) is 0 Å². The van der Waals surface area contributed by atoms with Crippen molar-refractivity contribution in [1.29, 1.82) is 0 Å². The molecule has 0 unspecified atom stereocenters. The van der Waals surface area contributed by atoms with Crippen LogP contribution in [0.25, 0.3) is 0 Å². The van der Waals surface area contributed by atoms with E-state index in [1.165, 1.54) is 44.1 Å². The lowest BCUT2D eigenvalue weighted by molar-refractivity contribution is 0.597. The van der Waals surface area contributed by atoms with E-state index >= 15 is 0 Å². The lowest BCUT2D eigenvalue weighted by Crippen LogP contribution is -2.11. The summed E-state index contributed by atoms with van der Waals surface area (Å²) in [6.07, 6.45) is 8.63. The summed E-state index contributed by atoms with van der Waals surface area (Å²) in [6, 6.07) is 6.88. The minimum absolute atomic E-state index is 0.189. The first kappa shape index (κ1) is 15.2. The number of hydrogen-bond acceptors (Lipinski definition) is 2. The Balaban J connectivity index is 2.32. The summed E-state index contributed by atoms with van der Waals surface area (Å²) in [4.78, 5) is 0.189. The quantitative estimate of drug-likeness (QED) is 0.736. The summed E-state index contributed by atoms with van der Waals surface area (Å²) in [5.41, 5.74) is 1.18. The highest BCUT2D eigenvalue weighted by atomic mass is 32.2. The highest BCUT2D eigenvalue weighted by Crippen LogP contribution is 2.12. The van der Waals surface area contributed by atoms with Crippen LogP contribution >= 0.6 is 0 Å². The number of aryl methyl sites for hydroxylation is 1. The van der Waals surface area contributed by atoms with E-state index in [0.29, 0.717) is 0 Å². The van der Waals surface area contributed by atoms with Crippen molar-refractivity contribution in [2.45, 2.75) is 56.8 Å². The first-order valence-corrected chi connectivity index (χ1v) is 8.20. The summed E-state index contributed by atoms with van der Waals surface area (Å²) in [5, 5.41) is 5.05. The van der Waals surface area contributed by atoms with Crippen LogP contribution < -0.4 is 5.14 Å². The fourth-order valence-electron chi connectivity index (χ4n) is 1.96. The van der Waals surface area contributed by atoms with E-state index in [9.17, 15) is 8.42 Å². The fraction of sp³-hybridized carbons (Fsp3) is 0.571. The zero-order valence-corrected chi connectivity index (χ0v) is 11.9. The molecule has 0 heterocycles. The first-order valence-electron chi connectivity index (χ1n) is 6.66. The van der Waals surface area contributed by atoms with Crippen molar-refractivity contribution in [2.75, 3.05) is 0 Å². The molecule has 2 N–H and O–H groups in total. The van der Waals surface area contributed by atoms with E-state index in [4.69, 9.17) is 5.14 Å². The Hall–Kier alpha value is -0.870. The molecule has 0 aromatic heterocycles. The maximum absolute atomic E-state index is 11.1. The van der Waals surface area contributed by atoms with Crippen LogP contribution in [0.3, 0.4) is 0 Å². The second-order valence-corrected chi connectivity index (χ2v) is 6.27. The van der Waals surface area contributed by atoms with Gasteiger partial charge in [-0.25, -0.2) is 13.6 Å². The van der Waals surface area contributed by atoms with E-state index in [1.54, 1.807) is 12.1 Å². The Labute approximate surface area is 110 Å². The molecule has 0 aliphatic heterocycles. The standard InChI is InChI=1S/C14H23NO2S/c1-2-3-4-5-6-7-8-13-9-11-14(12-10-13)18(15,16)17/h9-12H,2-8H2,1H3,(H2,15,16,17). The molecule has 0 fully saturated rings. The zero-order chi connectivity index (χ0) is 13.4. The molecule has 18 heavy (non-hydrogen) atoms. The molecule has 0 amide bonds. The van der Waals surface area contributed by atoms with Crippen molar-refractivity contribution < 1.29 is 8.42 Å². The molecule has 0 radical (unpaired) electrons. The lowest BCUT2D eigenvalue weighted by Gasteiger charge is -2.03. The van der Waals surface area contributed by atoms with E-state index in [1.807, 2.05) is 12.1 Å². The second kappa shape index (κ2) is 7.54. The fourth-order valence-corrected chi connectivity index (χ4v) is 2.47. The molecule has 1 aromatic rings. The number of rotatable bonds is 8. The van der Waals surface area contributed by atoms with E-state index in [2.05, 4.69) is 6.92 Å². The molecule has 0 aliphatic carbocycles. The molecule has 0 bridgehead atoms. The maximum atomic E-state index is 11.1. The average Bonchev–Trinajstić information content (AvgIpc) is 2.33. The predicted molar refractivity (Wildman–Crippen MR) is 74.9 cm³/mol. The van der Waals surface area contributed by atoms with Crippen LogP contribution in [0.5, 0.6) is 0 Å². The SMILES string of the molecule is CCCCCCCCc1ccc(S(N)(=O)=O)cc1. The Morgan fingerprint density at radius 1 is 0.944 bits per heavy atom. The van der Waals surface area contributed by atoms with Gasteiger partial charge in [-0.2, -0.15) is 0 Å². The number of nitrogens with two attached hydrogens (primary N) is 1. The number of primary sulfonamides is 1. The van der Waals surface area contributed by atoms with Gasteiger partial charge >= 0.3 is 0 Å². The Kier molecular flexibility index (Phi) is 6.36. The van der Waals surface area contributed by atoms with Crippen molar-refractivity contribution in [3.63, 3.8) is 0 Å². The normalized spacial score (nSPS) is 11.7. The van der Waals surface area contributed by atoms with Crippen LogP contribution in [0.15, 0.2) is 29.2 Å². The van der Waals surface area contributed by atoms with Gasteiger partial charge in [0, 0.05) is 0 Å². The zero-order valence-electron chi connectivity index (χ0n) is 11.1. The molecule has 102 valence electrons. The summed E-state index contributed by atoms with van der Waals surface area (Å²) in [5.74, 6) is 0. The summed E-state index contributed by atoms with van der Waals surface area (Å²) in [6.45, 7) is 2.22. The molecule has 1 rings (SSSR count). The van der Waals surface area contributed by atoms with Gasteiger partial charge in [0.25, 0.3) is 0 Å². The highest BCUT2D eigenvalue weighted by Gasteiger charge is 2.06. The van der Waals surface area contributed by atoms with Crippen molar-refractivity contribution >= 4 is 10.0 Å². The van der Waals surface area contributed by atoms with Gasteiger partial charge in [-0.3, -0.25) is 0 Å². The Morgan fingerprint density at radius 3 is 2.06 bits per heavy atom.